The molecule has 0 saturated carbocycles. The van der Waals surface area contributed by atoms with Crippen LogP contribution in [-0.2, 0) is 12.6 Å². The number of nitrogens with zero attached hydrogens (tertiary/aromatic N) is 2. The average Bonchev–Trinajstić information content (AvgIpc) is 2.45. The third-order valence-corrected chi connectivity index (χ3v) is 3.81. The molecular weight excluding hydrogens is 299 g/mol. The van der Waals surface area contributed by atoms with Crippen LogP contribution in [0.3, 0.4) is 0 Å². The van der Waals surface area contributed by atoms with Crippen LogP contribution in [-0.4, -0.2) is 15.0 Å². The van der Waals surface area contributed by atoms with Gasteiger partial charge in [0.2, 0.25) is 5.82 Å². The third kappa shape index (κ3) is 2.83. The van der Waals surface area contributed by atoms with Crippen LogP contribution >= 0.6 is 12.2 Å². The van der Waals surface area contributed by atoms with Crippen molar-refractivity contribution >= 4 is 12.2 Å². The number of hydrogen-bond acceptors (Lipinski definition) is 3. The van der Waals surface area contributed by atoms with E-state index in [4.69, 9.17) is 12.2 Å². The number of aromatic nitrogens is 3. The molecule has 3 rings (SSSR count). The largest absolute Gasteiger partial charge is 0.449 e. The summed E-state index contributed by atoms with van der Waals surface area (Å²) in [4.78, 5) is 10.1. The summed E-state index contributed by atoms with van der Waals surface area (Å²) < 4.78 is 38.5. The van der Waals surface area contributed by atoms with Crippen LogP contribution in [0, 0.1) is 4.64 Å². The lowest BCUT2D eigenvalue weighted by Gasteiger charge is -2.24. The van der Waals surface area contributed by atoms with Crippen LogP contribution < -0.4 is 0 Å². The van der Waals surface area contributed by atoms with Crippen LogP contribution in [0.1, 0.15) is 41.5 Å². The van der Waals surface area contributed by atoms with Crippen molar-refractivity contribution in [3.63, 3.8) is 0 Å². The Morgan fingerprint density at radius 2 is 2.14 bits per heavy atom. The van der Waals surface area contributed by atoms with Crippen LogP contribution in [0.25, 0.3) is 0 Å². The van der Waals surface area contributed by atoms with Gasteiger partial charge in [-0.1, -0.05) is 18.3 Å². The molecule has 0 spiro atoms. The van der Waals surface area contributed by atoms with Crippen LogP contribution in [0.4, 0.5) is 13.2 Å². The Bertz CT molecular complexity index is 724. The van der Waals surface area contributed by atoms with E-state index in [0.29, 0.717) is 5.69 Å². The van der Waals surface area contributed by atoms with Gasteiger partial charge in [0, 0.05) is 17.8 Å². The number of aromatic amines is 1. The van der Waals surface area contributed by atoms with Gasteiger partial charge in [-0.3, -0.25) is 4.98 Å². The molecule has 1 atom stereocenters. The second kappa shape index (κ2) is 5.22. The molecule has 0 aromatic carbocycles. The molecule has 110 valence electrons. The van der Waals surface area contributed by atoms with Gasteiger partial charge in [0.1, 0.15) is 4.64 Å². The molecule has 1 N–H and O–H groups in total. The fraction of sp³-hybridized carbons (Fsp3) is 0.357. The van der Waals surface area contributed by atoms with E-state index < -0.39 is 12.0 Å². The van der Waals surface area contributed by atoms with E-state index >= 15 is 0 Å². The van der Waals surface area contributed by atoms with E-state index in [9.17, 15) is 13.2 Å². The predicted octanol–water partition coefficient (Wildman–Crippen LogP) is 4.02. The smallest absolute Gasteiger partial charge is 0.339 e. The number of aryl methyl sites for hydroxylation is 1. The highest BCUT2D eigenvalue weighted by Gasteiger charge is 2.35. The monoisotopic (exact) mass is 311 g/mol. The minimum Gasteiger partial charge on any atom is -0.339 e. The number of halogens is 3. The normalized spacial score (nSPS) is 18.3. The summed E-state index contributed by atoms with van der Waals surface area (Å²) in [6.45, 7) is 0. The van der Waals surface area contributed by atoms with Crippen molar-refractivity contribution in [2.75, 3.05) is 0 Å². The second-order valence-corrected chi connectivity index (χ2v) is 5.43. The van der Waals surface area contributed by atoms with Crippen molar-refractivity contribution in [3.8, 4) is 0 Å². The van der Waals surface area contributed by atoms with Crippen molar-refractivity contribution in [1.29, 1.82) is 0 Å². The molecule has 2 heterocycles. The first-order valence-corrected chi connectivity index (χ1v) is 6.98. The quantitative estimate of drug-likeness (QED) is 0.809. The number of fused-ring (bicyclic) bond motifs is 1. The Balaban J connectivity index is 2.10. The van der Waals surface area contributed by atoms with Crippen LogP contribution in [0.15, 0.2) is 24.4 Å². The summed E-state index contributed by atoms with van der Waals surface area (Å²) in [6.07, 6.45) is -0.315. The van der Waals surface area contributed by atoms with Gasteiger partial charge in [-0.05, 0) is 37.0 Å². The molecule has 2 aromatic heterocycles. The second-order valence-electron chi connectivity index (χ2n) is 5.01. The van der Waals surface area contributed by atoms with E-state index in [2.05, 4.69) is 15.0 Å². The first kappa shape index (κ1) is 14.2. The van der Waals surface area contributed by atoms with Crippen molar-refractivity contribution in [2.24, 2.45) is 0 Å². The van der Waals surface area contributed by atoms with Crippen molar-refractivity contribution < 1.29 is 13.2 Å². The fourth-order valence-corrected chi connectivity index (χ4v) is 2.93. The van der Waals surface area contributed by atoms with Gasteiger partial charge < -0.3 is 4.98 Å². The van der Waals surface area contributed by atoms with E-state index in [1.165, 1.54) is 6.07 Å². The Morgan fingerprint density at radius 1 is 1.33 bits per heavy atom. The molecule has 0 amide bonds. The summed E-state index contributed by atoms with van der Waals surface area (Å²) in [5.41, 5.74) is 2.34. The number of rotatable bonds is 1. The topological polar surface area (TPSA) is 41.6 Å². The molecule has 0 aliphatic heterocycles. The maximum atomic E-state index is 12.9. The molecule has 0 fully saturated rings. The number of pyridine rings is 1. The minimum atomic E-state index is -4.54. The van der Waals surface area contributed by atoms with Gasteiger partial charge in [0.05, 0.1) is 5.69 Å². The molecule has 21 heavy (non-hydrogen) atoms. The molecule has 0 radical (unpaired) electrons. The zero-order valence-electron chi connectivity index (χ0n) is 10.9. The Labute approximate surface area is 124 Å². The summed E-state index contributed by atoms with van der Waals surface area (Å²) in [7, 11) is 0. The van der Waals surface area contributed by atoms with Gasteiger partial charge >= 0.3 is 6.18 Å². The zero-order chi connectivity index (χ0) is 15.0. The Hall–Kier alpha value is -1.76. The summed E-state index contributed by atoms with van der Waals surface area (Å²) in [6, 6.07) is 5.31. The standard InChI is InChI=1S/C14H12F3N3S/c15-14(16,17)13-19-10(7-11(21)20-13)9-5-1-3-8-4-2-6-18-12(8)9/h2,4,6-7,9H,1,3,5H2,(H,19,20,21). The van der Waals surface area contributed by atoms with Crippen LogP contribution in [0.5, 0.6) is 0 Å². The van der Waals surface area contributed by atoms with Gasteiger partial charge in [-0.25, -0.2) is 4.98 Å². The molecule has 0 saturated heterocycles. The maximum Gasteiger partial charge on any atom is 0.449 e. The zero-order valence-corrected chi connectivity index (χ0v) is 11.8. The molecule has 0 bridgehead atoms. The van der Waals surface area contributed by atoms with Gasteiger partial charge in [-0.15, -0.1) is 0 Å². The lowest BCUT2D eigenvalue weighted by molar-refractivity contribution is -0.145. The number of H-pyrrole nitrogens is 1. The van der Waals surface area contributed by atoms with E-state index in [-0.39, 0.29) is 10.6 Å². The number of hydrogen-bond donors (Lipinski definition) is 1. The highest BCUT2D eigenvalue weighted by atomic mass is 32.1. The Morgan fingerprint density at radius 3 is 2.90 bits per heavy atom. The minimum absolute atomic E-state index is 0.0564. The molecule has 3 nitrogen and oxygen atoms in total. The van der Waals surface area contributed by atoms with E-state index in [0.717, 1.165) is 30.5 Å². The summed E-state index contributed by atoms with van der Waals surface area (Å²) in [5.74, 6) is -1.24. The first-order chi connectivity index (χ1) is 9.95. The molecule has 1 unspecified atom stereocenters. The lowest BCUT2D eigenvalue weighted by atomic mass is 9.84. The average molecular weight is 311 g/mol. The predicted molar refractivity (Wildman–Crippen MR) is 73.4 cm³/mol. The van der Waals surface area contributed by atoms with Gasteiger partial charge in [0.25, 0.3) is 0 Å². The van der Waals surface area contributed by atoms with Crippen molar-refractivity contribution in [3.05, 3.63) is 51.8 Å². The SMILES string of the molecule is FC(F)(F)c1nc(=S)cc(C2CCCc3cccnc32)[nH]1. The highest BCUT2D eigenvalue weighted by molar-refractivity contribution is 7.71. The molecule has 1 aliphatic rings. The van der Waals surface area contributed by atoms with Gasteiger partial charge in [-0.2, -0.15) is 13.2 Å². The third-order valence-electron chi connectivity index (χ3n) is 3.60. The van der Waals surface area contributed by atoms with Crippen molar-refractivity contribution in [2.45, 2.75) is 31.4 Å². The molecular formula is C14H12F3N3S. The first-order valence-electron chi connectivity index (χ1n) is 6.57. The van der Waals surface area contributed by atoms with Gasteiger partial charge in [0.15, 0.2) is 0 Å². The lowest BCUT2D eigenvalue weighted by Crippen LogP contribution is -2.18. The molecule has 7 heteroatoms. The summed E-state index contributed by atoms with van der Waals surface area (Å²) >= 11 is 4.87. The summed E-state index contributed by atoms with van der Waals surface area (Å²) in [5, 5.41) is 0. The van der Waals surface area contributed by atoms with E-state index in [1.807, 2.05) is 12.1 Å². The number of alkyl halides is 3. The Kier molecular flexibility index (Phi) is 3.52. The molecule has 1 aliphatic carbocycles. The maximum absolute atomic E-state index is 12.9. The van der Waals surface area contributed by atoms with Crippen LogP contribution in [0.2, 0.25) is 0 Å². The molecule has 2 aromatic rings. The highest BCUT2D eigenvalue weighted by Crippen LogP contribution is 2.35. The fourth-order valence-electron chi connectivity index (χ4n) is 2.71. The van der Waals surface area contributed by atoms with Crippen molar-refractivity contribution in [1.82, 2.24) is 15.0 Å². The number of nitrogens with one attached hydrogen (secondary N) is 1. The van der Waals surface area contributed by atoms with E-state index in [1.54, 1.807) is 6.20 Å².